The second-order valence-electron chi connectivity index (χ2n) is 7.74. The largest absolute Gasteiger partial charge is 0.352 e. The van der Waals surface area contributed by atoms with Crippen molar-refractivity contribution >= 4 is 22.8 Å². The Bertz CT molecular complexity index is 1240. The van der Waals surface area contributed by atoms with Crippen molar-refractivity contribution < 1.29 is 4.79 Å². The molecule has 0 aromatic carbocycles. The van der Waals surface area contributed by atoms with Crippen LogP contribution in [0.2, 0.25) is 0 Å². The standard InChI is InChI=1S/C21H24N8O2/c1-13-15(14(2)26-21(31)16(13)10-22)4-5-18(30)28-6-8-29(9-7-28)20-17-11-25-27(3)19(17)23-12-24-20/h11-12H,4-9H2,1-3H3,(H,26,31). The molecule has 4 rings (SSSR count). The van der Waals surface area contributed by atoms with Crippen LogP contribution in [0.4, 0.5) is 5.82 Å². The number of aromatic amines is 1. The Morgan fingerprint density at radius 1 is 1.23 bits per heavy atom. The highest BCUT2D eigenvalue weighted by Gasteiger charge is 2.24. The van der Waals surface area contributed by atoms with E-state index < -0.39 is 0 Å². The van der Waals surface area contributed by atoms with Crippen LogP contribution in [0, 0.1) is 25.2 Å². The van der Waals surface area contributed by atoms with E-state index in [4.69, 9.17) is 0 Å². The summed E-state index contributed by atoms with van der Waals surface area (Å²) in [6, 6.07) is 1.96. The van der Waals surface area contributed by atoms with Crippen LogP contribution < -0.4 is 10.5 Å². The lowest BCUT2D eigenvalue weighted by atomic mass is 9.99. The summed E-state index contributed by atoms with van der Waals surface area (Å²) in [6.07, 6.45) is 4.14. The summed E-state index contributed by atoms with van der Waals surface area (Å²) in [5.41, 5.74) is 2.76. The monoisotopic (exact) mass is 420 g/mol. The molecule has 31 heavy (non-hydrogen) atoms. The van der Waals surface area contributed by atoms with Crippen LogP contribution in [0.15, 0.2) is 17.3 Å². The zero-order valence-corrected chi connectivity index (χ0v) is 17.8. The molecule has 0 saturated carbocycles. The average molecular weight is 420 g/mol. The van der Waals surface area contributed by atoms with E-state index in [1.807, 2.05) is 18.0 Å². The van der Waals surface area contributed by atoms with Gasteiger partial charge in [0.25, 0.3) is 5.56 Å². The maximum Gasteiger partial charge on any atom is 0.266 e. The van der Waals surface area contributed by atoms with Gasteiger partial charge in [0.05, 0.1) is 11.6 Å². The first kappa shape index (κ1) is 20.5. The first-order chi connectivity index (χ1) is 14.9. The number of nitrogens with zero attached hydrogens (tertiary/aromatic N) is 7. The molecule has 1 aliphatic heterocycles. The fourth-order valence-electron chi connectivity index (χ4n) is 4.18. The molecular weight excluding hydrogens is 396 g/mol. The summed E-state index contributed by atoms with van der Waals surface area (Å²) in [5.74, 6) is 0.908. The topological polar surface area (TPSA) is 124 Å². The number of nitriles is 1. The SMILES string of the molecule is Cc1[nH]c(=O)c(C#N)c(C)c1CCC(=O)N1CCN(c2ncnc3c2cnn3C)CC1. The summed E-state index contributed by atoms with van der Waals surface area (Å²) in [5, 5.41) is 14.4. The van der Waals surface area contributed by atoms with Crippen LogP contribution in [-0.2, 0) is 18.3 Å². The van der Waals surface area contributed by atoms with Gasteiger partial charge < -0.3 is 14.8 Å². The number of hydrogen-bond donors (Lipinski definition) is 1. The van der Waals surface area contributed by atoms with Gasteiger partial charge in [-0.3, -0.25) is 14.3 Å². The van der Waals surface area contributed by atoms with Gasteiger partial charge in [-0.1, -0.05) is 0 Å². The predicted octanol–water partition coefficient (Wildman–Crippen LogP) is 0.822. The number of pyridine rings is 1. The number of H-pyrrole nitrogens is 1. The summed E-state index contributed by atoms with van der Waals surface area (Å²) in [6.45, 7) is 6.15. The van der Waals surface area contributed by atoms with E-state index in [9.17, 15) is 14.9 Å². The summed E-state index contributed by atoms with van der Waals surface area (Å²) in [4.78, 5) is 40.1. The number of carbonyl (C=O) groups is 1. The first-order valence-corrected chi connectivity index (χ1v) is 10.2. The molecule has 4 heterocycles. The van der Waals surface area contributed by atoms with E-state index in [0.717, 1.165) is 22.4 Å². The molecule has 1 saturated heterocycles. The van der Waals surface area contributed by atoms with Gasteiger partial charge in [-0.25, -0.2) is 9.97 Å². The van der Waals surface area contributed by atoms with E-state index in [2.05, 4.69) is 25.0 Å². The third-order valence-electron chi connectivity index (χ3n) is 5.95. The highest BCUT2D eigenvalue weighted by molar-refractivity contribution is 5.86. The van der Waals surface area contributed by atoms with Crippen LogP contribution in [0.5, 0.6) is 0 Å². The zero-order chi connectivity index (χ0) is 22.1. The minimum absolute atomic E-state index is 0.0670. The number of amides is 1. The molecule has 0 atom stereocenters. The lowest BCUT2D eigenvalue weighted by molar-refractivity contribution is -0.131. The summed E-state index contributed by atoms with van der Waals surface area (Å²) >= 11 is 0. The Hall–Kier alpha value is -3.74. The van der Waals surface area contributed by atoms with Crippen LogP contribution in [0.25, 0.3) is 11.0 Å². The van der Waals surface area contributed by atoms with E-state index in [1.165, 1.54) is 0 Å². The van der Waals surface area contributed by atoms with Crippen molar-refractivity contribution in [2.45, 2.75) is 26.7 Å². The van der Waals surface area contributed by atoms with Crippen molar-refractivity contribution in [3.05, 3.63) is 45.3 Å². The molecular formula is C21H24N8O2. The fourth-order valence-corrected chi connectivity index (χ4v) is 4.18. The van der Waals surface area contributed by atoms with E-state index >= 15 is 0 Å². The van der Waals surface area contributed by atoms with Crippen molar-refractivity contribution in [2.24, 2.45) is 7.05 Å². The molecule has 0 radical (unpaired) electrons. The lowest BCUT2D eigenvalue weighted by Gasteiger charge is -2.35. The quantitative estimate of drug-likeness (QED) is 0.663. The number of anilines is 1. The molecule has 0 unspecified atom stereocenters. The van der Waals surface area contributed by atoms with E-state index in [-0.39, 0.29) is 17.0 Å². The highest BCUT2D eigenvalue weighted by atomic mass is 16.2. The van der Waals surface area contributed by atoms with Gasteiger partial charge in [-0.15, -0.1) is 0 Å². The lowest BCUT2D eigenvalue weighted by Crippen LogP contribution is -2.49. The van der Waals surface area contributed by atoms with Crippen LogP contribution >= 0.6 is 0 Å². The van der Waals surface area contributed by atoms with Gasteiger partial charge in [0.15, 0.2) is 5.65 Å². The molecule has 0 aliphatic carbocycles. The van der Waals surface area contributed by atoms with Crippen LogP contribution in [-0.4, -0.2) is 61.7 Å². The second-order valence-corrected chi connectivity index (χ2v) is 7.74. The Morgan fingerprint density at radius 2 is 1.97 bits per heavy atom. The van der Waals surface area contributed by atoms with Crippen molar-refractivity contribution in [1.29, 1.82) is 5.26 Å². The van der Waals surface area contributed by atoms with Gasteiger partial charge in [0, 0.05) is 45.3 Å². The number of aromatic nitrogens is 5. The number of piperazine rings is 1. The number of rotatable bonds is 4. The Kier molecular flexibility index (Phi) is 5.42. The van der Waals surface area contributed by atoms with E-state index in [1.54, 1.807) is 31.1 Å². The number of fused-ring (bicyclic) bond motifs is 1. The van der Waals surface area contributed by atoms with Gasteiger partial charge in [-0.05, 0) is 31.4 Å². The Morgan fingerprint density at radius 3 is 2.68 bits per heavy atom. The number of hydrogen-bond acceptors (Lipinski definition) is 7. The van der Waals surface area contributed by atoms with Crippen LogP contribution in [0.3, 0.4) is 0 Å². The summed E-state index contributed by atoms with van der Waals surface area (Å²) in [7, 11) is 1.85. The number of aryl methyl sites for hydroxylation is 2. The minimum atomic E-state index is -0.379. The average Bonchev–Trinajstić information content (AvgIpc) is 3.14. The zero-order valence-electron chi connectivity index (χ0n) is 17.8. The maximum atomic E-state index is 12.8. The molecule has 1 N–H and O–H groups in total. The van der Waals surface area contributed by atoms with Crippen LogP contribution in [0.1, 0.15) is 28.8 Å². The molecule has 1 aliphatic rings. The van der Waals surface area contributed by atoms with Gasteiger partial charge in [0.1, 0.15) is 23.8 Å². The first-order valence-electron chi connectivity index (χ1n) is 10.2. The Labute approximate surface area is 179 Å². The molecule has 1 amide bonds. The molecule has 160 valence electrons. The molecule has 0 spiro atoms. The highest BCUT2D eigenvalue weighted by Crippen LogP contribution is 2.23. The third kappa shape index (κ3) is 3.74. The predicted molar refractivity (Wildman–Crippen MR) is 115 cm³/mol. The third-order valence-corrected chi connectivity index (χ3v) is 5.95. The number of nitrogens with one attached hydrogen (secondary N) is 1. The van der Waals surface area contributed by atoms with Crippen molar-refractivity contribution in [3.63, 3.8) is 0 Å². The van der Waals surface area contributed by atoms with Gasteiger partial charge >= 0.3 is 0 Å². The molecule has 0 bridgehead atoms. The van der Waals surface area contributed by atoms with Crippen molar-refractivity contribution in [2.75, 3.05) is 31.1 Å². The molecule has 3 aromatic heterocycles. The van der Waals surface area contributed by atoms with Crippen molar-refractivity contribution in [1.82, 2.24) is 29.6 Å². The minimum Gasteiger partial charge on any atom is -0.352 e. The molecule has 1 fully saturated rings. The van der Waals surface area contributed by atoms with Gasteiger partial charge in [0.2, 0.25) is 5.91 Å². The molecule has 10 nitrogen and oxygen atoms in total. The Balaban J connectivity index is 1.40. The fraction of sp³-hybridized carbons (Fsp3) is 0.429. The molecule has 3 aromatic rings. The molecule has 10 heteroatoms. The smallest absolute Gasteiger partial charge is 0.266 e. The summed E-state index contributed by atoms with van der Waals surface area (Å²) < 4.78 is 1.72. The maximum absolute atomic E-state index is 12.8. The number of carbonyl (C=O) groups excluding carboxylic acids is 1. The van der Waals surface area contributed by atoms with E-state index in [0.29, 0.717) is 50.3 Å². The normalized spacial score (nSPS) is 14.1. The second kappa shape index (κ2) is 8.18. The van der Waals surface area contributed by atoms with Crippen molar-refractivity contribution in [3.8, 4) is 6.07 Å². The van der Waals surface area contributed by atoms with Gasteiger partial charge in [-0.2, -0.15) is 10.4 Å².